The number of halogens is 2. The van der Waals surface area contributed by atoms with Crippen LogP contribution >= 0.6 is 23.2 Å². The molecule has 0 fully saturated rings. The van der Waals surface area contributed by atoms with Crippen LogP contribution in [0.4, 0.5) is 0 Å². The molecule has 0 bridgehead atoms. The largest absolute Gasteiger partial charge is 0.350 e. The third-order valence-electron chi connectivity index (χ3n) is 3.32. The molecule has 122 valence electrons. The molecule has 2 heterocycles. The van der Waals surface area contributed by atoms with E-state index in [1.807, 2.05) is 30.5 Å². The van der Waals surface area contributed by atoms with E-state index < -0.39 is 0 Å². The fourth-order valence-corrected chi connectivity index (χ4v) is 2.73. The molecule has 3 aromatic rings. The number of rotatable bonds is 5. The van der Waals surface area contributed by atoms with Crippen molar-refractivity contribution in [3.63, 3.8) is 0 Å². The van der Waals surface area contributed by atoms with Gasteiger partial charge in [-0.05, 0) is 36.4 Å². The van der Waals surface area contributed by atoms with Gasteiger partial charge in [0, 0.05) is 34.5 Å². The van der Waals surface area contributed by atoms with Crippen LogP contribution in [0.1, 0.15) is 10.4 Å². The van der Waals surface area contributed by atoms with E-state index in [0.717, 1.165) is 11.4 Å². The van der Waals surface area contributed by atoms with Gasteiger partial charge >= 0.3 is 0 Å². The van der Waals surface area contributed by atoms with E-state index in [1.54, 1.807) is 29.1 Å². The molecule has 0 aliphatic heterocycles. The summed E-state index contributed by atoms with van der Waals surface area (Å²) in [5.41, 5.74) is 2.04. The van der Waals surface area contributed by atoms with Crippen molar-refractivity contribution in [2.24, 2.45) is 0 Å². The van der Waals surface area contributed by atoms with Gasteiger partial charge in [0.2, 0.25) is 0 Å². The summed E-state index contributed by atoms with van der Waals surface area (Å²) >= 11 is 11.8. The monoisotopic (exact) mass is 360 g/mol. The quantitative estimate of drug-likeness (QED) is 0.754. The summed E-state index contributed by atoms with van der Waals surface area (Å²) in [6.45, 7) is 0.985. The minimum absolute atomic E-state index is 0.225. The van der Waals surface area contributed by atoms with Crippen LogP contribution in [-0.4, -0.2) is 27.2 Å². The van der Waals surface area contributed by atoms with Crippen molar-refractivity contribution in [2.45, 2.75) is 6.54 Å². The number of hydrogen-bond donors (Lipinski definition) is 1. The standard InChI is InChI=1S/C17H14Cl2N4O/c18-13-9-12(10-14(19)11-13)17(24)21-6-8-23-7-4-16(22-23)15-3-1-2-5-20-15/h1-5,7,9-11H,6,8H2,(H,21,24). The summed E-state index contributed by atoms with van der Waals surface area (Å²) < 4.78 is 1.76. The molecule has 0 saturated heterocycles. The molecule has 0 aliphatic rings. The van der Waals surface area contributed by atoms with Gasteiger partial charge in [0.15, 0.2) is 0 Å². The normalized spacial score (nSPS) is 10.6. The lowest BCUT2D eigenvalue weighted by atomic mass is 10.2. The van der Waals surface area contributed by atoms with Gasteiger partial charge in [-0.1, -0.05) is 29.3 Å². The zero-order valence-electron chi connectivity index (χ0n) is 12.6. The Morgan fingerprint density at radius 3 is 2.58 bits per heavy atom. The average molecular weight is 361 g/mol. The number of nitrogens with zero attached hydrogens (tertiary/aromatic N) is 3. The molecule has 0 saturated carbocycles. The smallest absolute Gasteiger partial charge is 0.251 e. The number of carbonyl (C=O) groups is 1. The SMILES string of the molecule is O=C(NCCn1ccc(-c2ccccn2)n1)c1cc(Cl)cc(Cl)c1. The Morgan fingerprint density at radius 2 is 1.88 bits per heavy atom. The number of pyridine rings is 1. The Balaban J connectivity index is 1.57. The molecule has 1 aromatic carbocycles. The van der Waals surface area contributed by atoms with Gasteiger partial charge in [0.1, 0.15) is 5.69 Å². The molecule has 0 unspecified atom stereocenters. The third-order valence-corrected chi connectivity index (χ3v) is 3.76. The molecule has 0 aliphatic carbocycles. The van der Waals surface area contributed by atoms with E-state index >= 15 is 0 Å². The lowest BCUT2D eigenvalue weighted by Crippen LogP contribution is -2.27. The Labute approximate surface area is 149 Å². The summed E-state index contributed by atoms with van der Waals surface area (Å²) in [5, 5.41) is 8.12. The van der Waals surface area contributed by atoms with Crippen molar-refractivity contribution < 1.29 is 4.79 Å². The second kappa shape index (κ2) is 7.47. The molecular weight excluding hydrogens is 347 g/mol. The Kier molecular flexibility index (Phi) is 5.13. The third kappa shape index (κ3) is 4.13. The summed E-state index contributed by atoms with van der Waals surface area (Å²) in [6, 6.07) is 12.3. The van der Waals surface area contributed by atoms with Gasteiger partial charge in [0.05, 0.1) is 12.2 Å². The number of hydrogen-bond acceptors (Lipinski definition) is 3. The first-order chi connectivity index (χ1) is 11.6. The van der Waals surface area contributed by atoms with E-state index in [-0.39, 0.29) is 5.91 Å². The Hall–Kier alpha value is -2.37. The van der Waals surface area contributed by atoms with Crippen molar-refractivity contribution in [3.8, 4) is 11.4 Å². The maximum absolute atomic E-state index is 12.1. The van der Waals surface area contributed by atoms with Crippen LogP contribution in [0.15, 0.2) is 54.9 Å². The van der Waals surface area contributed by atoms with Gasteiger partial charge in [-0.15, -0.1) is 0 Å². The van der Waals surface area contributed by atoms with Gasteiger partial charge < -0.3 is 5.32 Å². The van der Waals surface area contributed by atoms with Crippen LogP contribution in [0.3, 0.4) is 0 Å². The number of amides is 1. The molecule has 24 heavy (non-hydrogen) atoms. The Morgan fingerprint density at radius 1 is 1.08 bits per heavy atom. The predicted molar refractivity (Wildman–Crippen MR) is 94.3 cm³/mol. The molecular formula is C17H14Cl2N4O. The first-order valence-electron chi connectivity index (χ1n) is 7.31. The number of aromatic nitrogens is 3. The van der Waals surface area contributed by atoms with Crippen LogP contribution in [0, 0.1) is 0 Å². The van der Waals surface area contributed by atoms with Crippen LogP contribution in [0.2, 0.25) is 10.0 Å². The maximum Gasteiger partial charge on any atom is 0.251 e. The summed E-state index contributed by atoms with van der Waals surface area (Å²) in [6.07, 6.45) is 3.58. The zero-order valence-corrected chi connectivity index (χ0v) is 14.1. The molecule has 1 N–H and O–H groups in total. The Bertz CT molecular complexity index is 829. The highest BCUT2D eigenvalue weighted by Gasteiger charge is 2.08. The molecule has 0 spiro atoms. The average Bonchev–Trinajstić information content (AvgIpc) is 3.03. The highest BCUT2D eigenvalue weighted by molar-refractivity contribution is 6.35. The van der Waals surface area contributed by atoms with Crippen molar-refractivity contribution in [1.82, 2.24) is 20.1 Å². The van der Waals surface area contributed by atoms with Crippen molar-refractivity contribution in [2.75, 3.05) is 6.54 Å². The first-order valence-corrected chi connectivity index (χ1v) is 8.06. The molecule has 5 nitrogen and oxygen atoms in total. The minimum atomic E-state index is -0.225. The first kappa shape index (κ1) is 16.5. The van der Waals surface area contributed by atoms with E-state index in [2.05, 4.69) is 15.4 Å². The van der Waals surface area contributed by atoms with E-state index in [0.29, 0.717) is 28.7 Å². The fraction of sp³-hybridized carbons (Fsp3) is 0.118. The summed E-state index contributed by atoms with van der Waals surface area (Å²) in [5.74, 6) is -0.225. The van der Waals surface area contributed by atoms with Crippen LogP contribution in [-0.2, 0) is 6.54 Å². The maximum atomic E-state index is 12.1. The number of carbonyl (C=O) groups excluding carboxylic acids is 1. The lowest BCUT2D eigenvalue weighted by molar-refractivity contribution is 0.0952. The van der Waals surface area contributed by atoms with Crippen LogP contribution in [0.25, 0.3) is 11.4 Å². The molecule has 1 amide bonds. The predicted octanol–water partition coefficient (Wildman–Crippen LogP) is 3.68. The highest BCUT2D eigenvalue weighted by atomic mass is 35.5. The molecule has 3 rings (SSSR count). The van der Waals surface area contributed by atoms with Crippen LogP contribution < -0.4 is 5.32 Å². The van der Waals surface area contributed by atoms with Crippen LogP contribution in [0.5, 0.6) is 0 Å². The van der Waals surface area contributed by atoms with Crippen molar-refractivity contribution in [3.05, 3.63) is 70.5 Å². The molecule has 0 radical (unpaired) electrons. The van der Waals surface area contributed by atoms with Gasteiger partial charge in [-0.3, -0.25) is 14.5 Å². The van der Waals surface area contributed by atoms with E-state index in [4.69, 9.17) is 23.2 Å². The second-order valence-electron chi connectivity index (χ2n) is 5.09. The van der Waals surface area contributed by atoms with Gasteiger partial charge in [-0.25, -0.2) is 0 Å². The highest BCUT2D eigenvalue weighted by Crippen LogP contribution is 2.19. The topological polar surface area (TPSA) is 59.8 Å². The molecule has 2 aromatic heterocycles. The number of benzene rings is 1. The van der Waals surface area contributed by atoms with Gasteiger partial charge in [-0.2, -0.15) is 5.10 Å². The summed E-state index contributed by atoms with van der Waals surface area (Å²) in [7, 11) is 0. The van der Waals surface area contributed by atoms with E-state index in [1.165, 1.54) is 0 Å². The second-order valence-corrected chi connectivity index (χ2v) is 5.97. The zero-order chi connectivity index (χ0) is 16.9. The lowest BCUT2D eigenvalue weighted by Gasteiger charge is -2.06. The molecule has 0 atom stereocenters. The van der Waals surface area contributed by atoms with E-state index in [9.17, 15) is 4.79 Å². The minimum Gasteiger partial charge on any atom is -0.350 e. The van der Waals surface area contributed by atoms with Crippen molar-refractivity contribution >= 4 is 29.1 Å². The fourth-order valence-electron chi connectivity index (χ4n) is 2.21. The number of nitrogens with one attached hydrogen (secondary N) is 1. The summed E-state index contributed by atoms with van der Waals surface area (Å²) in [4.78, 5) is 16.4. The van der Waals surface area contributed by atoms with Gasteiger partial charge in [0.25, 0.3) is 5.91 Å². The molecule has 7 heteroatoms. The van der Waals surface area contributed by atoms with Crippen molar-refractivity contribution in [1.29, 1.82) is 0 Å².